The van der Waals surface area contributed by atoms with E-state index in [0.29, 0.717) is 25.0 Å². The molecule has 0 spiro atoms. The number of aliphatic imine (C=N–C) groups is 1. The topological polar surface area (TPSA) is 75.2 Å². The quantitative estimate of drug-likeness (QED) is 0.209. The lowest BCUT2D eigenvalue weighted by atomic mass is 10.1. The van der Waals surface area contributed by atoms with Gasteiger partial charge in [0.1, 0.15) is 5.60 Å². The van der Waals surface area contributed by atoms with Crippen LogP contribution < -0.4 is 10.6 Å². The van der Waals surface area contributed by atoms with Crippen molar-refractivity contribution in [3.8, 4) is 0 Å². The molecule has 1 aliphatic carbocycles. The second kappa shape index (κ2) is 13.4. The highest BCUT2D eigenvalue weighted by Gasteiger charge is 2.38. The number of likely N-dealkylation sites (tertiary alicyclic amines) is 1. The minimum Gasteiger partial charge on any atom is -0.444 e. The molecular formula is C25H41IN4O3. The van der Waals surface area contributed by atoms with Gasteiger partial charge < -0.3 is 25.0 Å². The van der Waals surface area contributed by atoms with E-state index in [1.54, 1.807) is 0 Å². The maximum absolute atomic E-state index is 11.6. The Hall–Kier alpha value is -1.55. The Balaban J connectivity index is 0.00000385. The summed E-state index contributed by atoms with van der Waals surface area (Å²) in [5.74, 6) is 2.39. The summed E-state index contributed by atoms with van der Waals surface area (Å²) in [6.07, 6.45) is 3.94. The summed E-state index contributed by atoms with van der Waals surface area (Å²) in [4.78, 5) is 18.5. The third-order valence-electron chi connectivity index (χ3n) is 5.97. The van der Waals surface area contributed by atoms with E-state index < -0.39 is 5.60 Å². The standard InChI is InChI=1S/C25H40N4O3.HI/c1-25(2,3)32-24(30)27-13-8-16-31-21-11-14-29(15-12-21)23(26-4)28-18-20-17-22(20)19-9-6-5-7-10-19;/h5-7,9-10,20-22H,8,11-18H2,1-4H3,(H,26,28)(H,27,30);1H. The van der Waals surface area contributed by atoms with Crippen LogP contribution in [0.2, 0.25) is 0 Å². The van der Waals surface area contributed by atoms with Gasteiger partial charge in [-0.15, -0.1) is 24.0 Å². The van der Waals surface area contributed by atoms with Gasteiger partial charge >= 0.3 is 6.09 Å². The fourth-order valence-electron chi connectivity index (χ4n) is 4.20. The predicted molar refractivity (Wildman–Crippen MR) is 143 cm³/mol. The molecule has 0 radical (unpaired) electrons. The molecule has 1 amide bonds. The van der Waals surface area contributed by atoms with Crippen molar-refractivity contribution < 1.29 is 14.3 Å². The average molecular weight is 573 g/mol. The van der Waals surface area contributed by atoms with Crippen LogP contribution in [0.25, 0.3) is 0 Å². The fourth-order valence-corrected chi connectivity index (χ4v) is 4.20. The van der Waals surface area contributed by atoms with Crippen molar-refractivity contribution in [2.75, 3.05) is 39.8 Å². The SMILES string of the molecule is CN=C(NCC1CC1c1ccccc1)N1CCC(OCCCNC(=O)OC(C)(C)C)CC1.I. The second-order valence-corrected chi connectivity index (χ2v) is 9.78. The molecule has 2 atom stereocenters. The number of carbonyl (C=O) groups excluding carboxylic acids is 1. The van der Waals surface area contributed by atoms with Gasteiger partial charge in [-0.1, -0.05) is 30.3 Å². The van der Waals surface area contributed by atoms with E-state index >= 15 is 0 Å². The number of rotatable bonds is 8. The average Bonchev–Trinajstić information content (AvgIpc) is 3.54. The zero-order chi connectivity index (χ0) is 23.0. The van der Waals surface area contributed by atoms with Gasteiger partial charge in [0.15, 0.2) is 5.96 Å². The number of benzene rings is 1. The molecule has 0 bridgehead atoms. The fraction of sp³-hybridized carbons (Fsp3) is 0.680. The van der Waals surface area contributed by atoms with E-state index in [-0.39, 0.29) is 36.2 Å². The minimum atomic E-state index is -0.466. The number of alkyl carbamates (subject to hydrolysis) is 1. The van der Waals surface area contributed by atoms with Crippen molar-refractivity contribution in [2.45, 2.75) is 64.1 Å². The van der Waals surface area contributed by atoms with Gasteiger partial charge in [0.05, 0.1) is 6.10 Å². The van der Waals surface area contributed by atoms with Gasteiger partial charge in [0.25, 0.3) is 0 Å². The predicted octanol–water partition coefficient (Wildman–Crippen LogP) is 4.38. The largest absolute Gasteiger partial charge is 0.444 e. The number of carbonyl (C=O) groups is 1. The van der Waals surface area contributed by atoms with E-state index in [0.717, 1.165) is 44.9 Å². The Morgan fingerprint density at radius 3 is 2.48 bits per heavy atom. The molecule has 0 aromatic heterocycles. The Morgan fingerprint density at radius 2 is 1.85 bits per heavy atom. The maximum Gasteiger partial charge on any atom is 0.407 e. The van der Waals surface area contributed by atoms with Crippen molar-refractivity contribution in [1.82, 2.24) is 15.5 Å². The van der Waals surface area contributed by atoms with Crippen LogP contribution in [-0.2, 0) is 9.47 Å². The molecule has 8 heteroatoms. The van der Waals surface area contributed by atoms with Crippen molar-refractivity contribution in [1.29, 1.82) is 0 Å². The lowest BCUT2D eigenvalue weighted by Gasteiger charge is -2.34. The first kappa shape index (κ1) is 27.7. The minimum absolute atomic E-state index is 0. The Bertz CT molecular complexity index is 746. The number of nitrogens with zero attached hydrogens (tertiary/aromatic N) is 2. The number of halogens is 1. The number of guanidine groups is 1. The van der Waals surface area contributed by atoms with Crippen LogP contribution in [0, 0.1) is 5.92 Å². The zero-order valence-electron chi connectivity index (χ0n) is 20.5. The summed E-state index contributed by atoms with van der Waals surface area (Å²) in [6.45, 7) is 9.68. The summed E-state index contributed by atoms with van der Waals surface area (Å²) in [6, 6.07) is 10.8. The lowest BCUT2D eigenvalue weighted by Crippen LogP contribution is -2.47. The highest BCUT2D eigenvalue weighted by Crippen LogP contribution is 2.46. The van der Waals surface area contributed by atoms with Crippen LogP contribution in [0.4, 0.5) is 4.79 Å². The molecule has 1 aliphatic heterocycles. The summed E-state index contributed by atoms with van der Waals surface area (Å²) < 4.78 is 11.3. The Morgan fingerprint density at radius 1 is 1.15 bits per heavy atom. The highest BCUT2D eigenvalue weighted by molar-refractivity contribution is 14.0. The van der Waals surface area contributed by atoms with Crippen molar-refractivity contribution in [2.24, 2.45) is 10.9 Å². The second-order valence-electron chi connectivity index (χ2n) is 9.78. The summed E-state index contributed by atoms with van der Waals surface area (Å²) in [7, 11) is 1.87. The van der Waals surface area contributed by atoms with Crippen LogP contribution in [-0.4, -0.2) is 68.5 Å². The number of amides is 1. The first-order valence-electron chi connectivity index (χ1n) is 11.9. The molecular weight excluding hydrogens is 531 g/mol. The third-order valence-corrected chi connectivity index (χ3v) is 5.97. The van der Waals surface area contributed by atoms with Gasteiger partial charge in [-0.25, -0.2) is 4.79 Å². The molecule has 33 heavy (non-hydrogen) atoms. The van der Waals surface area contributed by atoms with Crippen molar-refractivity contribution in [3.63, 3.8) is 0 Å². The molecule has 1 heterocycles. The van der Waals surface area contributed by atoms with Gasteiger partial charge in [-0.2, -0.15) is 0 Å². The molecule has 2 aliphatic rings. The smallest absolute Gasteiger partial charge is 0.407 e. The Labute approximate surface area is 216 Å². The molecule has 2 N–H and O–H groups in total. The van der Waals surface area contributed by atoms with Gasteiger partial charge in [0, 0.05) is 39.8 Å². The molecule has 2 fully saturated rings. The molecule has 186 valence electrons. The zero-order valence-corrected chi connectivity index (χ0v) is 22.8. The van der Waals surface area contributed by atoms with E-state index in [1.807, 2.05) is 27.8 Å². The first-order valence-corrected chi connectivity index (χ1v) is 11.9. The van der Waals surface area contributed by atoms with Crippen molar-refractivity contribution >= 4 is 36.0 Å². The normalized spacial score (nSPS) is 21.2. The van der Waals surface area contributed by atoms with Crippen LogP contribution in [0.15, 0.2) is 35.3 Å². The highest BCUT2D eigenvalue weighted by atomic mass is 127. The molecule has 1 aromatic carbocycles. The summed E-state index contributed by atoms with van der Waals surface area (Å²) in [5.41, 5.74) is 0.986. The van der Waals surface area contributed by atoms with E-state index in [4.69, 9.17) is 9.47 Å². The number of piperidine rings is 1. The lowest BCUT2D eigenvalue weighted by molar-refractivity contribution is 0.0170. The maximum atomic E-state index is 11.6. The van der Waals surface area contributed by atoms with Crippen LogP contribution >= 0.6 is 24.0 Å². The third kappa shape index (κ3) is 9.68. The van der Waals surface area contributed by atoms with E-state index in [2.05, 4.69) is 50.9 Å². The molecule has 3 rings (SSSR count). The molecule has 1 aromatic rings. The molecule has 7 nitrogen and oxygen atoms in total. The van der Waals surface area contributed by atoms with Gasteiger partial charge in [-0.3, -0.25) is 4.99 Å². The number of hydrogen-bond acceptors (Lipinski definition) is 4. The monoisotopic (exact) mass is 572 g/mol. The van der Waals surface area contributed by atoms with E-state index in [9.17, 15) is 4.79 Å². The first-order chi connectivity index (χ1) is 15.4. The van der Waals surface area contributed by atoms with E-state index in [1.165, 1.54) is 12.0 Å². The van der Waals surface area contributed by atoms with Crippen molar-refractivity contribution in [3.05, 3.63) is 35.9 Å². The molecule has 1 saturated carbocycles. The Kier molecular flexibility index (Phi) is 11.2. The van der Waals surface area contributed by atoms with Gasteiger partial charge in [-0.05, 0) is 63.9 Å². The number of ether oxygens (including phenoxy) is 2. The number of hydrogen-bond donors (Lipinski definition) is 2. The summed E-state index contributed by atoms with van der Waals surface area (Å²) in [5, 5.41) is 6.36. The summed E-state index contributed by atoms with van der Waals surface area (Å²) >= 11 is 0. The van der Waals surface area contributed by atoms with Crippen LogP contribution in [0.3, 0.4) is 0 Å². The molecule has 1 saturated heterocycles. The number of nitrogens with one attached hydrogen (secondary N) is 2. The van der Waals surface area contributed by atoms with Crippen LogP contribution in [0.1, 0.15) is 57.9 Å². The van der Waals surface area contributed by atoms with Gasteiger partial charge in [0.2, 0.25) is 0 Å². The molecule has 2 unspecified atom stereocenters. The van der Waals surface area contributed by atoms with Crippen LogP contribution in [0.5, 0.6) is 0 Å².